The molecule has 0 aliphatic carbocycles. The number of anilines is 2. The molecule has 5 aromatic rings. The van der Waals surface area contributed by atoms with Crippen LogP contribution in [0, 0.1) is 12.3 Å². The van der Waals surface area contributed by atoms with E-state index in [1.54, 1.807) is 30.1 Å². The molecule has 3 aromatic carbocycles. The lowest BCUT2D eigenvalue weighted by Crippen LogP contribution is -2.17. The van der Waals surface area contributed by atoms with E-state index >= 15 is 0 Å². The minimum atomic E-state index is -0.154. The Morgan fingerprint density at radius 1 is 1.11 bits per heavy atom. The Hall–Kier alpha value is -5.16. The van der Waals surface area contributed by atoms with Crippen LogP contribution in [0.5, 0.6) is 5.75 Å². The predicted octanol–water partition coefficient (Wildman–Crippen LogP) is 4.69. The minimum Gasteiger partial charge on any atom is -0.488 e. The van der Waals surface area contributed by atoms with Crippen molar-refractivity contribution in [2.75, 3.05) is 12.4 Å². The first-order chi connectivity index (χ1) is 18.0. The number of aromatic nitrogens is 4. The number of aryl methyl sites for hydroxylation is 1. The number of carbonyl (C=O) groups excluding carboxylic acids is 1. The van der Waals surface area contributed by atoms with E-state index in [4.69, 9.17) is 11.2 Å². The molecule has 0 bridgehead atoms. The van der Waals surface area contributed by atoms with Crippen LogP contribution in [0.15, 0.2) is 79.1 Å². The molecule has 182 valence electrons. The summed E-state index contributed by atoms with van der Waals surface area (Å²) in [6.07, 6.45) is 9.38. The lowest BCUT2D eigenvalue weighted by atomic mass is 10.1. The Balaban J connectivity index is 1.38. The first-order valence-electron chi connectivity index (χ1n) is 11.6. The van der Waals surface area contributed by atoms with Crippen LogP contribution in [0.1, 0.15) is 21.5 Å². The Morgan fingerprint density at radius 2 is 1.97 bits per heavy atom. The Kier molecular flexibility index (Phi) is 6.51. The number of amides is 1. The van der Waals surface area contributed by atoms with E-state index in [2.05, 4.69) is 31.6 Å². The fourth-order valence-corrected chi connectivity index (χ4v) is 3.91. The molecule has 0 aliphatic heterocycles. The average Bonchev–Trinajstić information content (AvgIpc) is 3.37. The zero-order chi connectivity index (χ0) is 25.8. The van der Waals surface area contributed by atoms with Crippen molar-refractivity contribution in [3.63, 3.8) is 0 Å². The molecule has 0 fully saturated rings. The van der Waals surface area contributed by atoms with Crippen molar-refractivity contribution in [3.8, 4) is 29.4 Å². The van der Waals surface area contributed by atoms with Gasteiger partial charge in [-0.25, -0.2) is 9.97 Å². The molecule has 0 spiro atoms. The summed E-state index contributed by atoms with van der Waals surface area (Å²) in [4.78, 5) is 21.1. The standard InChI is InChI=1S/C29H24N6O2/c1-4-20-14-23-17-31-29(32-24-10-6-8-21(15-24)25-11-12-35(3)34-25)33-26(23)16-27(20)37-18-19-7-5-9-22(13-19)28(36)30-2/h1,5-17H,18H2,2-3H3,(H,30,36)(H,31,32,33). The van der Waals surface area contributed by atoms with Crippen molar-refractivity contribution >= 4 is 28.4 Å². The van der Waals surface area contributed by atoms with Crippen molar-refractivity contribution in [1.29, 1.82) is 0 Å². The van der Waals surface area contributed by atoms with Gasteiger partial charge in [0.15, 0.2) is 0 Å². The molecule has 0 saturated carbocycles. The molecule has 0 atom stereocenters. The number of benzene rings is 3. The van der Waals surface area contributed by atoms with Gasteiger partial charge >= 0.3 is 0 Å². The molecular formula is C29H24N6O2. The predicted molar refractivity (Wildman–Crippen MR) is 144 cm³/mol. The third-order valence-electron chi connectivity index (χ3n) is 5.78. The summed E-state index contributed by atoms with van der Waals surface area (Å²) in [7, 11) is 3.49. The van der Waals surface area contributed by atoms with E-state index < -0.39 is 0 Å². The molecule has 2 aromatic heterocycles. The van der Waals surface area contributed by atoms with Crippen molar-refractivity contribution in [3.05, 3.63) is 95.8 Å². The largest absolute Gasteiger partial charge is 0.488 e. The summed E-state index contributed by atoms with van der Waals surface area (Å²) >= 11 is 0. The number of nitrogens with zero attached hydrogens (tertiary/aromatic N) is 4. The van der Waals surface area contributed by atoms with Gasteiger partial charge in [-0.05, 0) is 42.0 Å². The van der Waals surface area contributed by atoms with Crippen molar-refractivity contribution < 1.29 is 9.53 Å². The van der Waals surface area contributed by atoms with Crippen LogP contribution in [-0.2, 0) is 13.7 Å². The molecule has 5 rings (SSSR count). The highest BCUT2D eigenvalue weighted by Gasteiger charge is 2.10. The summed E-state index contributed by atoms with van der Waals surface area (Å²) in [5.74, 6) is 3.50. The second kappa shape index (κ2) is 10.2. The van der Waals surface area contributed by atoms with E-state index in [0.717, 1.165) is 27.9 Å². The van der Waals surface area contributed by atoms with Gasteiger partial charge in [0.25, 0.3) is 5.91 Å². The second-order valence-electron chi connectivity index (χ2n) is 8.39. The lowest BCUT2D eigenvalue weighted by Gasteiger charge is -2.12. The maximum absolute atomic E-state index is 11.9. The third-order valence-corrected chi connectivity index (χ3v) is 5.78. The molecule has 8 heteroatoms. The molecule has 1 amide bonds. The number of fused-ring (bicyclic) bond motifs is 1. The topological polar surface area (TPSA) is 94.0 Å². The summed E-state index contributed by atoms with van der Waals surface area (Å²) in [6, 6.07) is 20.8. The molecule has 8 nitrogen and oxygen atoms in total. The number of terminal acetylenes is 1. The highest BCUT2D eigenvalue weighted by molar-refractivity contribution is 5.94. The highest BCUT2D eigenvalue weighted by atomic mass is 16.5. The number of ether oxygens (including phenoxy) is 1. The SMILES string of the molecule is C#Cc1cc2cnc(Nc3cccc(-c4ccn(C)n4)c3)nc2cc1OCc1cccc(C(=O)NC)c1. The van der Waals surface area contributed by atoms with Gasteiger partial charge in [-0.2, -0.15) is 5.10 Å². The van der Waals surface area contributed by atoms with Gasteiger partial charge in [0.05, 0.1) is 16.8 Å². The quantitative estimate of drug-likeness (QED) is 0.323. The molecule has 0 aliphatic rings. The van der Waals surface area contributed by atoms with E-state index in [-0.39, 0.29) is 12.5 Å². The van der Waals surface area contributed by atoms with Crippen LogP contribution in [0.25, 0.3) is 22.2 Å². The highest BCUT2D eigenvalue weighted by Crippen LogP contribution is 2.27. The molecule has 2 N–H and O–H groups in total. The van der Waals surface area contributed by atoms with Crippen LogP contribution in [-0.4, -0.2) is 32.7 Å². The molecule has 2 heterocycles. The second-order valence-corrected chi connectivity index (χ2v) is 8.39. The van der Waals surface area contributed by atoms with E-state index in [0.29, 0.717) is 28.3 Å². The Bertz CT molecular complexity index is 1650. The maximum Gasteiger partial charge on any atom is 0.251 e. The number of hydrogen-bond donors (Lipinski definition) is 2. The summed E-state index contributed by atoms with van der Waals surface area (Å²) in [5, 5.41) is 11.2. The van der Waals surface area contributed by atoms with E-state index in [9.17, 15) is 4.79 Å². The van der Waals surface area contributed by atoms with Gasteiger partial charge in [-0.1, -0.05) is 30.2 Å². The molecule has 0 unspecified atom stereocenters. The molecule has 0 saturated heterocycles. The van der Waals surface area contributed by atoms with Crippen LogP contribution in [0.3, 0.4) is 0 Å². The maximum atomic E-state index is 11.9. The lowest BCUT2D eigenvalue weighted by molar-refractivity contribution is 0.0963. The summed E-state index contributed by atoms with van der Waals surface area (Å²) < 4.78 is 7.82. The minimum absolute atomic E-state index is 0.154. The van der Waals surface area contributed by atoms with Crippen molar-refractivity contribution in [2.24, 2.45) is 7.05 Å². The van der Waals surface area contributed by atoms with Crippen molar-refractivity contribution in [1.82, 2.24) is 25.1 Å². The van der Waals surface area contributed by atoms with E-state index in [1.807, 2.05) is 67.8 Å². The van der Waals surface area contributed by atoms with Crippen molar-refractivity contribution in [2.45, 2.75) is 6.61 Å². The Labute approximate surface area is 214 Å². The molecular weight excluding hydrogens is 464 g/mol. The van der Waals surface area contributed by atoms with Gasteiger partial charge in [0.2, 0.25) is 5.95 Å². The van der Waals surface area contributed by atoms with Crippen LogP contribution in [0.4, 0.5) is 11.6 Å². The van der Waals surface area contributed by atoms with Gasteiger partial charge < -0.3 is 15.4 Å². The van der Waals surface area contributed by atoms with Crippen LogP contribution < -0.4 is 15.4 Å². The zero-order valence-corrected chi connectivity index (χ0v) is 20.4. The Morgan fingerprint density at radius 3 is 2.76 bits per heavy atom. The first kappa shape index (κ1) is 23.6. The molecule has 0 radical (unpaired) electrons. The number of hydrogen-bond acceptors (Lipinski definition) is 6. The number of carbonyl (C=O) groups is 1. The number of rotatable bonds is 7. The fourth-order valence-electron chi connectivity index (χ4n) is 3.91. The monoisotopic (exact) mass is 488 g/mol. The number of nitrogens with one attached hydrogen (secondary N) is 2. The average molecular weight is 489 g/mol. The first-order valence-corrected chi connectivity index (χ1v) is 11.6. The summed E-state index contributed by atoms with van der Waals surface area (Å²) in [5.41, 5.74) is 5.41. The third kappa shape index (κ3) is 5.26. The van der Waals surface area contributed by atoms with Crippen LogP contribution >= 0.6 is 0 Å². The summed E-state index contributed by atoms with van der Waals surface area (Å²) in [6.45, 7) is 0.252. The fraction of sp³-hybridized carbons (Fsp3) is 0.103. The van der Waals surface area contributed by atoms with Crippen LogP contribution in [0.2, 0.25) is 0 Å². The zero-order valence-electron chi connectivity index (χ0n) is 20.4. The molecule has 37 heavy (non-hydrogen) atoms. The van der Waals surface area contributed by atoms with Gasteiger partial charge in [0, 0.05) is 54.8 Å². The van der Waals surface area contributed by atoms with E-state index in [1.165, 1.54) is 0 Å². The van der Waals surface area contributed by atoms with Gasteiger partial charge in [0.1, 0.15) is 12.4 Å². The van der Waals surface area contributed by atoms with Gasteiger partial charge in [-0.15, -0.1) is 6.42 Å². The smallest absolute Gasteiger partial charge is 0.251 e. The normalized spacial score (nSPS) is 10.6. The van der Waals surface area contributed by atoms with Gasteiger partial charge in [-0.3, -0.25) is 9.48 Å².